The summed E-state index contributed by atoms with van der Waals surface area (Å²) in [7, 11) is 0. The van der Waals surface area contributed by atoms with Crippen LogP contribution in [0.4, 0.5) is 0 Å². The van der Waals surface area contributed by atoms with Gasteiger partial charge >= 0.3 is 0 Å². The molecule has 0 aromatic carbocycles. The molecular formula is C8H17NO. The van der Waals surface area contributed by atoms with Crippen LogP contribution in [0, 0.1) is 5.92 Å². The average molecular weight is 143 g/mol. The maximum Gasteiger partial charge on any atom is 0.0468 e. The van der Waals surface area contributed by atoms with Crippen LogP contribution < -0.4 is 5.32 Å². The molecule has 1 aliphatic rings. The zero-order valence-electron chi connectivity index (χ0n) is 6.64. The molecule has 1 fully saturated rings. The van der Waals surface area contributed by atoms with Gasteiger partial charge in [-0.2, -0.15) is 0 Å². The Balaban J connectivity index is 1.93. The van der Waals surface area contributed by atoms with Crippen molar-refractivity contribution in [3.05, 3.63) is 0 Å². The Labute approximate surface area is 62.6 Å². The molecule has 0 spiro atoms. The minimum atomic E-state index is 0.305. The second kappa shape index (κ2) is 3.94. The molecule has 0 heterocycles. The summed E-state index contributed by atoms with van der Waals surface area (Å²) in [5.41, 5.74) is 0. The minimum Gasteiger partial charge on any atom is -0.396 e. The van der Waals surface area contributed by atoms with Gasteiger partial charge in [0.05, 0.1) is 0 Å². The molecule has 0 bridgehead atoms. The van der Waals surface area contributed by atoms with E-state index in [2.05, 4.69) is 12.2 Å². The van der Waals surface area contributed by atoms with E-state index in [1.807, 2.05) is 0 Å². The number of hydrogen-bond donors (Lipinski definition) is 2. The monoisotopic (exact) mass is 143 g/mol. The third kappa shape index (κ3) is 2.27. The molecular weight excluding hydrogens is 126 g/mol. The molecule has 1 aliphatic carbocycles. The van der Waals surface area contributed by atoms with Gasteiger partial charge in [0.25, 0.3) is 0 Å². The van der Waals surface area contributed by atoms with Gasteiger partial charge in [0.15, 0.2) is 0 Å². The highest BCUT2D eigenvalue weighted by molar-refractivity contribution is 4.76. The van der Waals surface area contributed by atoms with E-state index in [1.165, 1.54) is 19.3 Å². The predicted octanol–water partition coefficient (Wildman–Crippen LogP) is 0.757. The molecule has 0 amide bonds. The Morgan fingerprint density at radius 2 is 2.30 bits per heavy atom. The van der Waals surface area contributed by atoms with E-state index in [4.69, 9.17) is 5.11 Å². The van der Waals surface area contributed by atoms with Gasteiger partial charge in [-0.3, -0.25) is 0 Å². The van der Waals surface area contributed by atoms with Crippen molar-refractivity contribution in [2.45, 2.75) is 32.2 Å². The van der Waals surface area contributed by atoms with Gasteiger partial charge in [-0.15, -0.1) is 0 Å². The molecule has 1 saturated carbocycles. The van der Waals surface area contributed by atoms with Crippen molar-refractivity contribution in [2.24, 2.45) is 5.92 Å². The first-order valence-electron chi connectivity index (χ1n) is 4.17. The summed E-state index contributed by atoms with van der Waals surface area (Å²) >= 11 is 0. The standard InChI is InChI=1S/C8H17NO/c1-7(6-10)5-9-8-3-2-4-8/h7-10H,2-6H2,1H3. The van der Waals surface area contributed by atoms with E-state index in [0.717, 1.165) is 12.6 Å². The molecule has 2 heteroatoms. The van der Waals surface area contributed by atoms with Crippen molar-refractivity contribution in [2.75, 3.05) is 13.2 Å². The Hall–Kier alpha value is -0.0800. The van der Waals surface area contributed by atoms with Gasteiger partial charge in [0.2, 0.25) is 0 Å². The topological polar surface area (TPSA) is 32.3 Å². The number of nitrogens with one attached hydrogen (secondary N) is 1. The molecule has 2 nitrogen and oxygen atoms in total. The van der Waals surface area contributed by atoms with Crippen molar-refractivity contribution >= 4 is 0 Å². The van der Waals surface area contributed by atoms with Crippen LogP contribution in [-0.4, -0.2) is 24.3 Å². The van der Waals surface area contributed by atoms with E-state index in [0.29, 0.717) is 12.5 Å². The first-order chi connectivity index (χ1) is 4.83. The molecule has 0 saturated heterocycles. The van der Waals surface area contributed by atoms with Crippen molar-refractivity contribution in [3.63, 3.8) is 0 Å². The second-order valence-electron chi connectivity index (χ2n) is 3.32. The van der Waals surface area contributed by atoms with Crippen molar-refractivity contribution in [1.82, 2.24) is 5.32 Å². The SMILES string of the molecule is CC(CO)CNC1CCC1. The van der Waals surface area contributed by atoms with Gasteiger partial charge in [0.1, 0.15) is 0 Å². The first-order valence-corrected chi connectivity index (χ1v) is 4.17. The highest BCUT2D eigenvalue weighted by Crippen LogP contribution is 2.17. The van der Waals surface area contributed by atoms with E-state index >= 15 is 0 Å². The van der Waals surface area contributed by atoms with Crippen LogP contribution in [0.5, 0.6) is 0 Å². The van der Waals surface area contributed by atoms with Crippen LogP contribution in [0.2, 0.25) is 0 Å². The zero-order chi connectivity index (χ0) is 7.40. The van der Waals surface area contributed by atoms with E-state index in [9.17, 15) is 0 Å². The molecule has 0 aromatic heterocycles. The molecule has 1 unspecified atom stereocenters. The smallest absolute Gasteiger partial charge is 0.0468 e. The molecule has 1 atom stereocenters. The molecule has 1 rings (SSSR count). The third-order valence-corrected chi connectivity index (χ3v) is 2.17. The average Bonchev–Trinajstić information content (AvgIpc) is 1.84. The summed E-state index contributed by atoms with van der Waals surface area (Å²) in [6, 6.07) is 0.758. The lowest BCUT2D eigenvalue weighted by Gasteiger charge is -2.27. The Bertz CT molecular complexity index is 86.5. The van der Waals surface area contributed by atoms with Crippen LogP contribution in [0.1, 0.15) is 26.2 Å². The lowest BCUT2D eigenvalue weighted by molar-refractivity contribution is 0.220. The highest BCUT2D eigenvalue weighted by atomic mass is 16.3. The maximum absolute atomic E-state index is 8.70. The summed E-state index contributed by atoms with van der Waals surface area (Å²) in [4.78, 5) is 0. The fourth-order valence-electron chi connectivity index (χ4n) is 1.04. The predicted molar refractivity (Wildman–Crippen MR) is 41.9 cm³/mol. The highest BCUT2D eigenvalue weighted by Gasteiger charge is 2.16. The summed E-state index contributed by atoms with van der Waals surface area (Å²) in [5.74, 6) is 0.417. The van der Waals surface area contributed by atoms with Crippen LogP contribution >= 0.6 is 0 Å². The van der Waals surface area contributed by atoms with Gasteiger partial charge in [0, 0.05) is 19.2 Å². The first kappa shape index (κ1) is 8.02. The molecule has 0 aliphatic heterocycles. The Morgan fingerprint density at radius 3 is 2.70 bits per heavy atom. The van der Waals surface area contributed by atoms with E-state index in [1.54, 1.807) is 0 Å². The lowest BCUT2D eigenvalue weighted by Crippen LogP contribution is -2.38. The van der Waals surface area contributed by atoms with Crippen LogP contribution in [0.15, 0.2) is 0 Å². The van der Waals surface area contributed by atoms with Crippen molar-refractivity contribution in [1.29, 1.82) is 0 Å². The van der Waals surface area contributed by atoms with Crippen LogP contribution in [-0.2, 0) is 0 Å². The number of hydrogen-bond acceptors (Lipinski definition) is 2. The molecule has 0 aromatic rings. The minimum absolute atomic E-state index is 0.305. The molecule has 60 valence electrons. The number of aliphatic hydroxyl groups excluding tert-OH is 1. The summed E-state index contributed by atoms with van der Waals surface area (Å²) in [6.45, 7) is 3.34. The summed E-state index contributed by atoms with van der Waals surface area (Å²) in [6.07, 6.45) is 4.04. The van der Waals surface area contributed by atoms with Gasteiger partial charge in [-0.05, 0) is 18.8 Å². The molecule has 10 heavy (non-hydrogen) atoms. The van der Waals surface area contributed by atoms with E-state index < -0.39 is 0 Å². The number of aliphatic hydroxyl groups is 1. The second-order valence-corrected chi connectivity index (χ2v) is 3.32. The summed E-state index contributed by atoms with van der Waals surface area (Å²) < 4.78 is 0. The summed E-state index contributed by atoms with van der Waals surface area (Å²) in [5, 5.41) is 12.1. The molecule has 0 radical (unpaired) electrons. The quantitative estimate of drug-likeness (QED) is 0.609. The normalized spacial score (nSPS) is 22.2. The lowest BCUT2D eigenvalue weighted by atomic mass is 9.93. The van der Waals surface area contributed by atoms with Gasteiger partial charge in [-0.1, -0.05) is 13.3 Å². The van der Waals surface area contributed by atoms with Gasteiger partial charge < -0.3 is 10.4 Å². The Kier molecular flexibility index (Phi) is 3.16. The van der Waals surface area contributed by atoms with Crippen molar-refractivity contribution in [3.8, 4) is 0 Å². The third-order valence-electron chi connectivity index (χ3n) is 2.17. The van der Waals surface area contributed by atoms with Gasteiger partial charge in [-0.25, -0.2) is 0 Å². The largest absolute Gasteiger partial charge is 0.396 e. The molecule has 2 N–H and O–H groups in total. The Morgan fingerprint density at radius 1 is 1.60 bits per heavy atom. The van der Waals surface area contributed by atoms with Crippen LogP contribution in [0.25, 0.3) is 0 Å². The maximum atomic E-state index is 8.70. The van der Waals surface area contributed by atoms with Crippen LogP contribution in [0.3, 0.4) is 0 Å². The van der Waals surface area contributed by atoms with Crippen molar-refractivity contribution < 1.29 is 5.11 Å². The number of rotatable bonds is 4. The zero-order valence-corrected chi connectivity index (χ0v) is 6.64. The fourth-order valence-corrected chi connectivity index (χ4v) is 1.04. The van der Waals surface area contributed by atoms with E-state index in [-0.39, 0.29) is 0 Å². The fraction of sp³-hybridized carbons (Fsp3) is 1.00.